The predicted octanol–water partition coefficient (Wildman–Crippen LogP) is 2.09. The highest BCUT2D eigenvalue weighted by Gasteiger charge is 1.93. The molecule has 0 aliphatic carbocycles. The van der Waals surface area contributed by atoms with Crippen LogP contribution in [0, 0.1) is 10.7 Å². The molecular formula is C10H9IO4. The number of halogens is 1. The third-order valence-corrected chi connectivity index (χ3v) is 2.01. The zero-order valence-corrected chi connectivity index (χ0v) is 10.1. The summed E-state index contributed by atoms with van der Waals surface area (Å²) in [5, 5.41) is 18.7. The predicted molar refractivity (Wildman–Crippen MR) is 63.4 cm³/mol. The van der Waals surface area contributed by atoms with Gasteiger partial charge < -0.3 is 14.6 Å². The fraction of sp³-hybridized carbons (Fsp3) is 0.100. The first-order valence-electron chi connectivity index (χ1n) is 4.06. The third-order valence-electron chi connectivity index (χ3n) is 1.48. The van der Waals surface area contributed by atoms with E-state index < -0.39 is 5.63 Å². The van der Waals surface area contributed by atoms with E-state index in [1.807, 2.05) is 0 Å². The fourth-order valence-electron chi connectivity index (χ4n) is 0.967. The maximum absolute atomic E-state index is 11.2. The van der Waals surface area contributed by atoms with E-state index in [1.165, 1.54) is 18.2 Å². The van der Waals surface area contributed by atoms with Crippen molar-refractivity contribution in [1.82, 2.24) is 0 Å². The van der Waals surface area contributed by atoms with Crippen molar-refractivity contribution in [2.24, 2.45) is 0 Å². The van der Waals surface area contributed by atoms with E-state index in [1.54, 1.807) is 29.5 Å². The molecule has 2 N–H and O–H groups in total. The zero-order valence-electron chi connectivity index (χ0n) is 7.90. The van der Waals surface area contributed by atoms with Gasteiger partial charge in [-0.05, 0) is 41.1 Å². The van der Waals surface area contributed by atoms with E-state index in [4.69, 9.17) is 4.42 Å². The smallest absolute Gasteiger partial charge is 0.336 e. The monoisotopic (exact) mass is 320 g/mol. The number of aryl methyl sites for hydroxylation is 1. The van der Waals surface area contributed by atoms with Gasteiger partial charge in [-0.15, -0.1) is 0 Å². The number of hydrogen-bond donors (Lipinski definition) is 2. The first kappa shape index (κ1) is 11.8. The maximum atomic E-state index is 11.2. The lowest BCUT2D eigenvalue weighted by atomic mass is 10.3. The van der Waals surface area contributed by atoms with Crippen LogP contribution in [0.3, 0.4) is 0 Å². The van der Waals surface area contributed by atoms with Crippen LogP contribution in [0.1, 0.15) is 5.56 Å². The van der Waals surface area contributed by atoms with Crippen LogP contribution in [-0.2, 0) is 0 Å². The summed E-state index contributed by atoms with van der Waals surface area (Å²) >= 11 is 1.76. The largest absolute Gasteiger partial charge is 0.508 e. The van der Waals surface area contributed by atoms with Crippen molar-refractivity contribution >= 4 is 22.6 Å². The highest BCUT2D eigenvalue weighted by Crippen LogP contribution is 2.15. The molecule has 80 valence electrons. The van der Waals surface area contributed by atoms with Gasteiger partial charge in [0.25, 0.3) is 0 Å². The Morgan fingerprint density at radius 2 is 1.73 bits per heavy atom. The van der Waals surface area contributed by atoms with E-state index in [0.29, 0.717) is 5.56 Å². The Labute approximate surface area is 99.7 Å². The standard InChI is InChI=1S/C10H9IO4/c1-6-2-7(12)4-8(13)5-9(11)15-10(14)3-6/h2-5,12-13H,1H3. The van der Waals surface area contributed by atoms with E-state index in [-0.39, 0.29) is 15.3 Å². The minimum Gasteiger partial charge on any atom is -0.508 e. The van der Waals surface area contributed by atoms with Crippen LogP contribution in [0.15, 0.2) is 33.5 Å². The third kappa shape index (κ3) is 4.20. The van der Waals surface area contributed by atoms with Gasteiger partial charge in [0.2, 0.25) is 0 Å². The van der Waals surface area contributed by atoms with Crippen molar-refractivity contribution in [3.63, 3.8) is 0 Å². The van der Waals surface area contributed by atoms with Crippen molar-refractivity contribution in [3.8, 4) is 11.5 Å². The van der Waals surface area contributed by atoms with E-state index >= 15 is 0 Å². The van der Waals surface area contributed by atoms with Gasteiger partial charge in [0.1, 0.15) is 11.5 Å². The Balaban J connectivity index is 3.63. The number of rotatable bonds is 0. The summed E-state index contributed by atoms with van der Waals surface area (Å²) in [6, 6.07) is 4.99. The SMILES string of the molecule is Cc1cc(O)cc(O)cc(I)oc(=O)c1. The van der Waals surface area contributed by atoms with Crippen LogP contribution in [0.2, 0.25) is 0 Å². The van der Waals surface area contributed by atoms with Crippen molar-refractivity contribution in [2.45, 2.75) is 6.92 Å². The van der Waals surface area contributed by atoms with Gasteiger partial charge >= 0.3 is 5.63 Å². The summed E-state index contributed by atoms with van der Waals surface area (Å²) in [5.74, 6) is -0.313. The van der Waals surface area contributed by atoms with Crippen molar-refractivity contribution < 1.29 is 14.6 Å². The lowest BCUT2D eigenvalue weighted by Gasteiger charge is -1.91. The average molecular weight is 320 g/mol. The van der Waals surface area contributed by atoms with Gasteiger partial charge in [-0.25, -0.2) is 4.79 Å². The lowest BCUT2D eigenvalue weighted by molar-refractivity contribution is 0.444. The number of hydrogen-bond acceptors (Lipinski definition) is 4. The van der Waals surface area contributed by atoms with Crippen LogP contribution in [0.25, 0.3) is 0 Å². The van der Waals surface area contributed by atoms with Crippen molar-refractivity contribution in [2.75, 3.05) is 0 Å². The summed E-state index contributed by atoms with van der Waals surface area (Å²) in [4.78, 5) is 11.2. The van der Waals surface area contributed by atoms with E-state index in [2.05, 4.69) is 0 Å². The van der Waals surface area contributed by atoms with Gasteiger partial charge in [-0.3, -0.25) is 0 Å². The van der Waals surface area contributed by atoms with Crippen LogP contribution >= 0.6 is 22.6 Å². The van der Waals surface area contributed by atoms with Crippen molar-refractivity contribution in [1.29, 1.82) is 0 Å². The molecule has 1 aromatic heterocycles. The molecule has 1 heterocycles. The minimum absolute atomic E-state index is 0.128. The highest BCUT2D eigenvalue weighted by atomic mass is 127. The van der Waals surface area contributed by atoms with Crippen molar-refractivity contribution in [3.05, 3.63) is 44.0 Å². The molecule has 0 amide bonds. The van der Waals surface area contributed by atoms with E-state index in [9.17, 15) is 15.0 Å². The average Bonchev–Trinajstić information content (AvgIpc) is 1.98. The molecule has 0 atom stereocenters. The summed E-state index contributed by atoms with van der Waals surface area (Å²) in [6.07, 6.45) is 0. The Kier molecular flexibility index (Phi) is 3.96. The van der Waals surface area contributed by atoms with Crippen LogP contribution in [0.4, 0.5) is 0 Å². The Morgan fingerprint density at radius 3 is 2.40 bits per heavy atom. The minimum atomic E-state index is -0.549. The second kappa shape index (κ2) is 5.01. The molecule has 4 nitrogen and oxygen atoms in total. The van der Waals surface area contributed by atoms with Gasteiger partial charge in [0.15, 0.2) is 3.77 Å². The molecule has 0 fully saturated rings. The maximum Gasteiger partial charge on any atom is 0.336 e. The van der Waals surface area contributed by atoms with Crippen LogP contribution < -0.4 is 5.63 Å². The Bertz CT molecular complexity index is 438. The molecule has 0 aromatic carbocycles. The second-order valence-electron chi connectivity index (χ2n) is 2.90. The molecule has 15 heavy (non-hydrogen) atoms. The molecule has 0 aliphatic heterocycles. The highest BCUT2D eigenvalue weighted by molar-refractivity contribution is 14.1. The summed E-state index contributed by atoms with van der Waals surface area (Å²) in [7, 11) is 0. The molecular weight excluding hydrogens is 311 g/mol. The van der Waals surface area contributed by atoms with Gasteiger partial charge in [-0.2, -0.15) is 0 Å². The van der Waals surface area contributed by atoms with E-state index in [0.717, 1.165) is 6.07 Å². The lowest BCUT2D eigenvalue weighted by Crippen LogP contribution is -1.93. The van der Waals surface area contributed by atoms with Gasteiger partial charge in [0.05, 0.1) is 0 Å². The molecule has 5 heteroatoms. The Hall–Kier alpha value is -1.24. The summed E-state index contributed by atoms with van der Waals surface area (Å²) < 4.78 is 5.05. The summed E-state index contributed by atoms with van der Waals surface area (Å²) in [6.45, 7) is 1.64. The van der Waals surface area contributed by atoms with Crippen LogP contribution in [-0.4, -0.2) is 10.2 Å². The molecule has 0 saturated carbocycles. The zero-order chi connectivity index (χ0) is 11.4. The Morgan fingerprint density at radius 1 is 1.13 bits per heavy atom. The van der Waals surface area contributed by atoms with Crippen LogP contribution in [0.5, 0.6) is 11.5 Å². The number of aromatic hydroxyl groups is 2. The second-order valence-corrected chi connectivity index (χ2v) is 3.96. The van der Waals surface area contributed by atoms with Gasteiger partial charge in [-0.1, -0.05) is 0 Å². The molecule has 1 rings (SSSR count). The quantitative estimate of drug-likeness (QED) is 0.718. The molecule has 0 radical (unpaired) electrons. The molecule has 0 bridgehead atoms. The molecule has 1 aromatic rings. The summed E-state index contributed by atoms with van der Waals surface area (Å²) in [5.41, 5.74) is -0.0143. The topological polar surface area (TPSA) is 70.7 Å². The van der Waals surface area contributed by atoms with Gasteiger partial charge in [0, 0.05) is 18.2 Å². The fourth-order valence-corrected chi connectivity index (χ4v) is 1.50. The molecule has 0 aliphatic rings. The molecule has 0 saturated heterocycles. The molecule has 0 spiro atoms. The first-order valence-corrected chi connectivity index (χ1v) is 5.14. The first-order chi connectivity index (χ1) is 6.97. The molecule has 0 unspecified atom stereocenters. The normalized spacial score (nSPS) is 9.47.